The van der Waals surface area contributed by atoms with E-state index in [1.165, 1.54) is 0 Å². The van der Waals surface area contributed by atoms with Gasteiger partial charge in [-0.2, -0.15) is 5.10 Å². The monoisotopic (exact) mass is 319 g/mol. The zero-order valence-electron chi connectivity index (χ0n) is 13.9. The lowest BCUT2D eigenvalue weighted by Crippen LogP contribution is -2.22. The second-order valence-corrected chi connectivity index (χ2v) is 5.59. The fourth-order valence-electron chi connectivity index (χ4n) is 2.60. The van der Waals surface area contributed by atoms with Gasteiger partial charge in [0.05, 0.1) is 17.9 Å². The number of aromatic nitrogens is 2. The Labute approximate surface area is 141 Å². The van der Waals surface area contributed by atoms with Crippen LogP contribution in [0.4, 0.5) is 5.69 Å². The fourth-order valence-corrected chi connectivity index (χ4v) is 2.60. The number of para-hydroxylation sites is 2. The van der Waals surface area contributed by atoms with Crippen molar-refractivity contribution in [2.45, 2.75) is 20.4 Å². The highest BCUT2D eigenvalue weighted by atomic mass is 15.3. The summed E-state index contributed by atoms with van der Waals surface area (Å²) in [4.78, 5) is 4.45. The maximum Gasteiger partial charge on any atom is 0.193 e. The Morgan fingerprint density at radius 1 is 1.04 bits per heavy atom. The summed E-state index contributed by atoms with van der Waals surface area (Å²) in [5, 5.41) is 7.72. The molecule has 3 rings (SSSR count). The van der Waals surface area contributed by atoms with E-state index in [0.717, 1.165) is 28.3 Å². The lowest BCUT2D eigenvalue weighted by molar-refractivity contribution is 0.832. The standard InChI is InChI=1S/C19H21N5/c1-14-18(13-21-19(20)22-16-9-5-3-6-10-16)15(2)24(23-14)17-11-7-4-8-12-17/h3-12H,13H2,1-2H3,(H3,20,21,22). The first-order valence-corrected chi connectivity index (χ1v) is 7.87. The van der Waals surface area contributed by atoms with Gasteiger partial charge in [-0.15, -0.1) is 0 Å². The van der Waals surface area contributed by atoms with Crippen molar-refractivity contribution in [2.75, 3.05) is 5.32 Å². The fraction of sp³-hybridized carbons (Fsp3) is 0.158. The van der Waals surface area contributed by atoms with Crippen LogP contribution in [0.1, 0.15) is 17.0 Å². The van der Waals surface area contributed by atoms with E-state index in [1.807, 2.05) is 72.3 Å². The summed E-state index contributed by atoms with van der Waals surface area (Å²) in [6.45, 7) is 4.55. The second kappa shape index (κ2) is 7.00. The molecule has 0 amide bonds. The van der Waals surface area contributed by atoms with Crippen molar-refractivity contribution in [2.24, 2.45) is 10.7 Å². The van der Waals surface area contributed by atoms with E-state index in [1.54, 1.807) is 0 Å². The maximum absolute atomic E-state index is 5.98. The molecule has 3 N–H and O–H groups in total. The predicted octanol–water partition coefficient (Wildman–Crippen LogP) is 3.42. The van der Waals surface area contributed by atoms with Crippen molar-refractivity contribution in [3.05, 3.63) is 77.6 Å². The quantitative estimate of drug-likeness (QED) is 0.572. The van der Waals surface area contributed by atoms with Crippen LogP contribution in [0, 0.1) is 13.8 Å². The number of hydrogen-bond donors (Lipinski definition) is 2. The Morgan fingerprint density at radius 3 is 2.33 bits per heavy atom. The summed E-state index contributed by atoms with van der Waals surface area (Å²) in [5.41, 5.74) is 11.1. The molecule has 24 heavy (non-hydrogen) atoms. The highest BCUT2D eigenvalue weighted by molar-refractivity contribution is 5.92. The summed E-state index contributed by atoms with van der Waals surface area (Å²) in [5.74, 6) is 0.396. The molecule has 0 spiro atoms. The number of guanidine groups is 1. The average molecular weight is 319 g/mol. The van der Waals surface area contributed by atoms with Crippen molar-refractivity contribution in [3.63, 3.8) is 0 Å². The molecule has 122 valence electrons. The number of anilines is 1. The van der Waals surface area contributed by atoms with Crippen molar-refractivity contribution in [3.8, 4) is 5.69 Å². The molecule has 0 aliphatic rings. The molecule has 0 saturated heterocycles. The Kier molecular flexibility index (Phi) is 4.61. The van der Waals surface area contributed by atoms with Gasteiger partial charge in [0.15, 0.2) is 5.96 Å². The number of aryl methyl sites for hydroxylation is 1. The van der Waals surface area contributed by atoms with Gasteiger partial charge in [-0.3, -0.25) is 0 Å². The van der Waals surface area contributed by atoms with Crippen LogP contribution in [0.15, 0.2) is 65.7 Å². The molecule has 1 heterocycles. The molecule has 0 radical (unpaired) electrons. The normalized spacial score (nSPS) is 11.5. The second-order valence-electron chi connectivity index (χ2n) is 5.59. The van der Waals surface area contributed by atoms with E-state index in [9.17, 15) is 0 Å². The van der Waals surface area contributed by atoms with Gasteiger partial charge in [0.1, 0.15) is 0 Å². The molecule has 0 bridgehead atoms. The molecule has 0 fully saturated rings. The van der Waals surface area contributed by atoms with Crippen LogP contribution in [-0.2, 0) is 6.54 Å². The van der Waals surface area contributed by atoms with Crippen molar-refractivity contribution in [1.82, 2.24) is 9.78 Å². The minimum atomic E-state index is 0.396. The number of nitrogens with zero attached hydrogens (tertiary/aromatic N) is 3. The summed E-state index contributed by atoms with van der Waals surface area (Å²) in [6, 6.07) is 19.9. The summed E-state index contributed by atoms with van der Waals surface area (Å²) < 4.78 is 1.95. The molecule has 5 nitrogen and oxygen atoms in total. The van der Waals surface area contributed by atoms with Gasteiger partial charge < -0.3 is 11.1 Å². The third-order valence-electron chi connectivity index (χ3n) is 3.90. The smallest absolute Gasteiger partial charge is 0.193 e. The molecule has 0 aliphatic carbocycles. The molecular weight excluding hydrogens is 298 g/mol. The Balaban J connectivity index is 1.78. The first-order chi connectivity index (χ1) is 11.6. The van der Waals surface area contributed by atoms with Crippen LogP contribution in [0.5, 0.6) is 0 Å². The number of benzene rings is 2. The van der Waals surface area contributed by atoms with Gasteiger partial charge in [0, 0.05) is 16.9 Å². The molecule has 3 aromatic rings. The molecule has 0 unspecified atom stereocenters. The number of nitrogens with two attached hydrogens (primary N) is 1. The lowest BCUT2D eigenvalue weighted by atomic mass is 10.2. The summed E-state index contributed by atoms with van der Waals surface area (Å²) in [6.07, 6.45) is 0. The number of aliphatic imine (C=N–C) groups is 1. The van der Waals surface area contributed by atoms with Crippen molar-refractivity contribution in [1.29, 1.82) is 0 Å². The van der Waals surface area contributed by atoms with Gasteiger partial charge in [-0.25, -0.2) is 9.67 Å². The minimum Gasteiger partial charge on any atom is -0.370 e. The first kappa shape index (κ1) is 15.8. The highest BCUT2D eigenvalue weighted by Gasteiger charge is 2.12. The Morgan fingerprint density at radius 2 is 1.67 bits per heavy atom. The molecule has 0 aliphatic heterocycles. The van der Waals surface area contributed by atoms with Gasteiger partial charge in [0.25, 0.3) is 0 Å². The molecule has 0 atom stereocenters. The highest BCUT2D eigenvalue weighted by Crippen LogP contribution is 2.18. The molecule has 5 heteroatoms. The van der Waals surface area contributed by atoms with Gasteiger partial charge in [-0.1, -0.05) is 36.4 Å². The zero-order valence-corrected chi connectivity index (χ0v) is 13.9. The van der Waals surface area contributed by atoms with Crippen molar-refractivity contribution < 1.29 is 0 Å². The molecule has 0 saturated carbocycles. The average Bonchev–Trinajstić information content (AvgIpc) is 2.89. The van der Waals surface area contributed by atoms with Gasteiger partial charge in [0.2, 0.25) is 0 Å². The number of nitrogens with one attached hydrogen (secondary N) is 1. The van der Waals surface area contributed by atoms with Crippen LogP contribution >= 0.6 is 0 Å². The van der Waals surface area contributed by atoms with Crippen LogP contribution in [-0.4, -0.2) is 15.7 Å². The SMILES string of the molecule is Cc1nn(-c2ccccc2)c(C)c1CN=C(N)Nc1ccccc1. The van der Waals surface area contributed by atoms with Crippen LogP contribution in [0.25, 0.3) is 5.69 Å². The van der Waals surface area contributed by atoms with E-state index in [4.69, 9.17) is 5.73 Å². The summed E-state index contributed by atoms with van der Waals surface area (Å²) in [7, 11) is 0. The number of hydrogen-bond acceptors (Lipinski definition) is 2. The maximum atomic E-state index is 5.98. The first-order valence-electron chi connectivity index (χ1n) is 7.87. The largest absolute Gasteiger partial charge is 0.370 e. The van der Waals surface area contributed by atoms with E-state index in [2.05, 4.69) is 22.3 Å². The lowest BCUT2D eigenvalue weighted by Gasteiger charge is -2.06. The number of rotatable bonds is 4. The topological polar surface area (TPSA) is 68.2 Å². The van der Waals surface area contributed by atoms with Gasteiger partial charge >= 0.3 is 0 Å². The molecule has 2 aromatic carbocycles. The van der Waals surface area contributed by atoms with E-state index >= 15 is 0 Å². The summed E-state index contributed by atoms with van der Waals surface area (Å²) >= 11 is 0. The minimum absolute atomic E-state index is 0.396. The van der Waals surface area contributed by atoms with E-state index in [0.29, 0.717) is 12.5 Å². The molecule has 1 aromatic heterocycles. The van der Waals surface area contributed by atoms with E-state index in [-0.39, 0.29) is 0 Å². The van der Waals surface area contributed by atoms with Gasteiger partial charge in [-0.05, 0) is 38.1 Å². The zero-order chi connectivity index (χ0) is 16.9. The third-order valence-corrected chi connectivity index (χ3v) is 3.90. The predicted molar refractivity (Wildman–Crippen MR) is 98.4 cm³/mol. The molecular formula is C19H21N5. The van der Waals surface area contributed by atoms with E-state index < -0.39 is 0 Å². The Hall–Kier alpha value is -3.08. The van der Waals surface area contributed by atoms with Crippen LogP contribution in [0.2, 0.25) is 0 Å². The van der Waals surface area contributed by atoms with Crippen LogP contribution < -0.4 is 11.1 Å². The Bertz CT molecular complexity index is 835. The third kappa shape index (κ3) is 3.46. The van der Waals surface area contributed by atoms with Crippen LogP contribution in [0.3, 0.4) is 0 Å². The van der Waals surface area contributed by atoms with Crippen molar-refractivity contribution >= 4 is 11.6 Å².